The van der Waals surface area contributed by atoms with Gasteiger partial charge in [-0.1, -0.05) is 30.3 Å². The molecule has 2 aliphatic rings. The summed E-state index contributed by atoms with van der Waals surface area (Å²) in [6.45, 7) is 4.25. The number of benzene rings is 1. The molecule has 3 rings (SSSR count). The van der Waals surface area contributed by atoms with Crippen molar-refractivity contribution in [3.8, 4) is 0 Å². The minimum absolute atomic E-state index is 0.438. The van der Waals surface area contributed by atoms with Gasteiger partial charge in [0.1, 0.15) is 0 Å². The molecule has 3 nitrogen and oxygen atoms in total. The first kappa shape index (κ1) is 10.3. The van der Waals surface area contributed by atoms with Crippen molar-refractivity contribution in [2.75, 3.05) is 26.4 Å². The zero-order valence-electron chi connectivity index (χ0n) is 9.34. The summed E-state index contributed by atoms with van der Waals surface area (Å²) in [6, 6.07) is 11.5. The number of ether oxygens (including phenoxy) is 2. The maximum Gasteiger partial charge on any atom is 0.0645 e. The minimum Gasteiger partial charge on any atom is -0.378 e. The zero-order chi connectivity index (χ0) is 10.8. The standard InChI is InChI=1S/C13H17NO2/c1-2-4-11(5-3-1)6-14-12-7-15-9-13(14)10-16-8-12/h1-5,12-13H,6-10H2. The first-order chi connectivity index (χ1) is 7.93. The smallest absolute Gasteiger partial charge is 0.0645 e. The van der Waals surface area contributed by atoms with Crippen LogP contribution >= 0.6 is 0 Å². The van der Waals surface area contributed by atoms with Gasteiger partial charge >= 0.3 is 0 Å². The molecule has 0 atom stereocenters. The van der Waals surface area contributed by atoms with Crippen molar-refractivity contribution in [1.29, 1.82) is 0 Å². The molecule has 3 heteroatoms. The fourth-order valence-electron chi connectivity index (χ4n) is 2.51. The third-order valence-electron chi connectivity index (χ3n) is 3.39. The van der Waals surface area contributed by atoms with E-state index < -0.39 is 0 Å². The summed E-state index contributed by atoms with van der Waals surface area (Å²) >= 11 is 0. The van der Waals surface area contributed by atoms with Gasteiger partial charge in [0.25, 0.3) is 0 Å². The van der Waals surface area contributed by atoms with Crippen LogP contribution < -0.4 is 0 Å². The molecule has 2 bridgehead atoms. The molecule has 0 saturated carbocycles. The van der Waals surface area contributed by atoms with E-state index in [-0.39, 0.29) is 0 Å². The number of nitrogens with zero attached hydrogens (tertiary/aromatic N) is 1. The number of fused-ring (bicyclic) bond motifs is 2. The Morgan fingerprint density at radius 1 is 0.938 bits per heavy atom. The highest BCUT2D eigenvalue weighted by Gasteiger charge is 2.35. The van der Waals surface area contributed by atoms with Gasteiger partial charge in [-0.3, -0.25) is 4.90 Å². The van der Waals surface area contributed by atoms with Crippen LogP contribution in [0.5, 0.6) is 0 Å². The van der Waals surface area contributed by atoms with Crippen LogP contribution in [0.4, 0.5) is 0 Å². The topological polar surface area (TPSA) is 21.7 Å². The van der Waals surface area contributed by atoms with Crippen LogP contribution in [-0.4, -0.2) is 43.4 Å². The quantitative estimate of drug-likeness (QED) is 0.748. The van der Waals surface area contributed by atoms with Gasteiger partial charge in [-0.25, -0.2) is 0 Å². The van der Waals surface area contributed by atoms with Gasteiger partial charge in [-0.15, -0.1) is 0 Å². The van der Waals surface area contributed by atoms with Crippen LogP contribution in [-0.2, 0) is 16.0 Å². The SMILES string of the molecule is c1ccc(CN2C3COCC2COC3)cc1. The van der Waals surface area contributed by atoms with Gasteiger partial charge in [-0.05, 0) is 5.56 Å². The van der Waals surface area contributed by atoms with Gasteiger partial charge < -0.3 is 9.47 Å². The molecule has 2 saturated heterocycles. The molecule has 86 valence electrons. The Balaban J connectivity index is 1.74. The maximum absolute atomic E-state index is 5.58. The number of hydrogen-bond acceptors (Lipinski definition) is 3. The van der Waals surface area contributed by atoms with Crippen LogP contribution in [0.15, 0.2) is 30.3 Å². The van der Waals surface area contributed by atoms with E-state index in [9.17, 15) is 0 Å². The lowest BCUT2D eigenvalue weighted by atomic mass is 10.1. The summed E-state index contributed by atoms with van der Waals surface area (Å²) in [5.74, 6) is 0. The second-order valence-corrected chi connectivity index (χ2v) is 4.54. The molecular formula is C13H17NO2. The first-order valence-electron chi connectivity index (χ1n) is 5.88. The summed E-state index contributed by atoms with van der Waals surface area (Å²) in [6.07, 6.45) is 0. The Bertz CT molecular complexity index is 319. The van der Waals surface area contributed by atoms with E-state index in [1.165, 1.54) is 5.56 Å². The predicted molar refractivity (Wildman–Crippen MR) is 61.2 cm³/mol. The van der Waals surface area contributed by atoms with E-state index in [1.807, 2.05) is 0 Å². The minimum atomic E-state index is 0.438. The van der Waals surface area contributed by atoms with E-state index in [4.69, 9.17) is 9.47 Å². The summed E-state index contributed by atoms with van der Waals surface area (Å²) < 4.78 is 11.2. The number of hydrogen-bond donors (Lipinski definition) is 0. The van der Waals surface area contributed by atoms with E-state index in [0.29, 0.717) is 12.1 Å². The lowest BCUT2D eigenvalue weighted by Crippen LogP contribution is -2.58. The van der Waals surface area contributed by atoms with Crippen molar-refractivity contribution in [3.63, 3.8) is 0 Å². The molecule has 2 heterocycles. The van der Waals surface area contributed by atoms with Crippen molar-refractivity contribution < 1.29 is 9.47 Å². The van der Waals surface area contributed by atoms with Crippen molar-refractivity contribution in [2.45, 2.75) is 18.6 Å². The highest BCUT2D eigenvalue weighted by Crippen LogP contribution is 2.21. The zero-order valence-corrected chi connectivity index (χ0v) is 9.34. The summed E-state index contributed by atoms with van der Waals surface area (Å²) in [7, 11) is 0. The molecule has 0 N–H and O–H groups in total. The third kappa shape index (κ3) is 1.98. The molecule has 2 aliphatic heterocycles. The van der Waals surface area contributed by atoms with Gasteiger partial charge in [0.2, 0.25) is 0 Å². The molecule has 1 aromatic rings. The lowest BCUT2D eigenvalue weighted by molar-refractivity contribution is -0.140. The third-order valence-corrected chi connectivity index (χ3v) is 3.39. The van der Waals surface area contributed by atoms with Crippen molar-refractivity contribution in [3.05, 3.63) is 35.9 Å². The Morgan fingerprint density at radius 3 is 2.06 bits per heavy atom. The van der Waals surface area contributed by atoms with Crippen molar-refractivity contribution in [1.82, 2.24) is 4.90 Å². The average Bonchev–Trinajstić information content (AvgIpc) is 2.30. The molecular weight excluding hydrogens is 202 g/mol. The van der Waals surface area contributed by atoms with Gasteiger partial charge in [-0.2, -0.15) is 0 Å². The highest BCUT2D eigenvalue weighted by atomic mass is 16.5. The molecule has 1 aromatic carbocycles. The molecule has 0 aliphatic carbocycles. The monoisotopic (exact) mass is 219 g/mol. The lowest BCUT2D eigenvalue weighted by Gasteiger charge is -2.45. The summed E-state index contributed by atoms with van der Waals surface area (Å²) in [5, 5.41) is 0. The van der Waals surface area contributed by atoms with Crippen molar-refractivity contribution >= 4 is 0 Å². The molecule has 0 spiro atoms. The second-order valence-electron chi connectivity index (χ2n) is 4.54. The summed E-state index contributed by atoms with van der Waals surface area (Å²) in [5.41, 5.74) is 1.38. The van der Waals surface area contributed by atoms with Crippen molar-refractivity contribution in [2.24, 2.45) is 0 Å². The highest BCUT2D eigenvalue weighted by molar-refractivity contribution is 5.15. The largest absolute Gasteiger partial charge is 0.378 e. The van der Waals surface area contributed by atoms with Gasteiger partial charge in [0.15, 0.2) is 0 Å². The van der Waals surface area contributed by atoms with E-state index in [2.05, 4.69) is 35.2 Å². The summed E-state index contributed by atoms with van der Waals surface area (Å²) in [4.78, 5) is 2.53. The molecule has 16 heavy (non-hydrogen) atoms. The van der Waals surface area contributed by atoms with Crippen LogP contribution in [0.3, 0.4) is 0 Å². The van der Waals surface area contributed by atoms with E-state index in [0.717, 1.165) is 33.0 Å². The van der Waals surface area contributed by atoms with E-state index >= 15 is 0 Å². The van der Waals surface area contributed by atoms with Gasteiger partial charge in [0, 0.05) is 6.54 Å². The normalized spacial score (nSPS) is 30.2. The fraction of sp³-hybridized carbons (Fsp3) is 0.538. The number of morpholine rings is 2. The Morgan fingerprint density at radius 2 is 1.50 bits per heavy atom. The Hall–Kier alpha value is -0.900. The fourth-order valence-corrected chi connectivity index (χ4v) is 2.51. The average molecular weight is 219 g/mol. The molecule has 0 amide bonds. The van der Waals surface area contributed by atoms with Gasteiger partial charge in [0.05, 0.1) is 38.5 Å². The first-order valence-corrected chi connectivity index (χ1v) is 5.88. The number of rotatable bonds is 2. The second kappa shape index (κ2) is 4.53. The van der Waals surface area contributed by atoms with E-state index in [1.54, 1.807) is 0 Å². The molecule has 0 aromatic heterocycles. The van der Waals surface area contributed by atoms with Crippen LogP contribution in [0.25, 0.3) is 0 Å². The predicted octanol–water partition coefficient (Wildman–Crippen LogP) is 1.29. The molecule has 0 unspecified atom stereocenters. The van der Waals surface area contributed by atoms with Crippen LogP contribution in [0.1, 0.15) is 5.56 Å². The van der Waals surface area contributed by atoms with Crippen LogP contribution in [0.2, 0.25) is 0 Å². The Kier molecular flexibility index (Phi) is 2.91. The molecule has 0 radical (unpaired) electrons. The Labute approximate surface area is 96.0 Å². The molecule has 2 fully saturated rings. The van der Waals surface area contributed by atoms with Crippen LogP contribution in [0, 0.1) is 0 Å². The maximum atomic E-state index is 5.58.